The lowest BCUT2D eigenvalue weighted by atomic mass is 10.1. The number of fused-ring (bicyclic) bond motifs is 1. The molecule has 4 heteroatoms. The first-order valence-corrected chi connectivity index (χ1v) is 5.81. The van der Waals surface area contributed by atoms with Gasteiger partial charge in [-0.15, -0.1) is 0 Å². The van der Waals surface area contributed by atoms with E-state index >= 15 is 0 Å². The van der Waals surface area contributed by atoms with Crippen molar-refractivity contribution in [2.45, 2.75) is 0 Å². The summed E-state index contributed by atoms with van der Waals surface area (Å²) in [6.07, 6.45) is 1.65. The van der Waals surface area contributed by atoms with Gasteiger partial charge in [-0.1, -0.05) is 6.07 Å². The summed E-state index contributed by atoms with van der Waals surface area (Å²) in [6, 6.07) is 12.6. The van der Waals surface area contributed by atoms with Crippen LogP contribution in [0.5, 0.6) is 5.75 Å². The Labute approximate surface area is 109 Å². The summed E-state index contributed by atoms with van der Waals surface area (Å²) < 4.78 is 10.4. The quantitative estimate of drug-likeness (QED) is 0.659. The van der Waals surface area contributed by atoms with Crippen LogP contribution in [0.25, 0.3) is 22.2 Å². The number of ether oxygens (including phenoxy) is 1. The van der Waals surface area contributed by atoms with Crippen molar-refractivity contribution in [1.82, 2.24) is 4.98 Å². The van der Waals surface area contributed by atoms with Crippen molar-refractivity contribution in [2.24, 2.45) is 0 Å². The zero-order valence-corrected chi connectivity index (χ0v) is 10.3. The average molecular weight is 253 g/mol. The maximum atomic E-state index is 12.0. The molecule has 0 aliphatic carbocycles. The highest BCUT2D eigenvalue weighted by atomic mass is 16.5. The number of pyridine rings is 1. The number of aromatic nitrogens is 1. The fourth-order valence-corrected chi connectivity index (χ4v) is 1.92. The summed E-state index contributed by atoms with van der Waals surface area (Å²) in [5, 5.41) is 0.834. The van der Waals surface area contributed by atoms with Gasteiger partial charge in [0.05, 0.1) is 18.4 Å². The Bertz CT molecular complexity index is 778. The van der Waals surface area contributed by atoms with Gasteiger partial charge in [-0.2, -0.15) is 0 Å². The predicted molar refractivity (Wildman–Crippen MR) is 72.3 cm³/mol. The molecule has 0 aliphatic heterocycles. The fraction of sp³-hybridized carbons (Fsp3) is 0.0667. The zero-order valence-electron chi connectivity index (χ0n) is 10.3. The zero-order chi connectivity index (χ0) is 13.2. The predicted octanol–water partition coefficient (Wildman–Crippen LogP) is 2.86. The van der Waals surface area contributed by atoms with Gasteiger partial charge in [0, 0.05) is 17.6 Å². The van der Waals surface area contributed by atoms with Crippen LogP contribution < -0.4 is 10.4 Å². The van der Waals surface area contributed by atoms with Gasteiger partial charge in [0.15, 0.2) is 0 Å². The van der Waals surface area contributed by atoms with Gasteiger partial charge in [-0.25, -0.2) is 4.79 Å². The molecule has 2 aromatic heterocycles. The first-order valence-electron chi connectivity index (χ1n) is 5.81. The highest BCUT2D eigenvalue weighted by molar-refractivity contribution is 5.82. The molecule has 0 saturated heterocycles. The molecule has 0 amide bonds. The smallest absolute Gasteiger partial charge is 0.345 e. The monoisotopic (exact) mass is 253 g/mol. The molecule has 4 nitrogen and oxygen atoms in total. The lowest BCUT2D eigenvalue weighted by molar-refractivity contribution is 0.414. The van der Waals surface area contributed by atoms with Crippen LogP contribution in [0.15, 0.2) is 57.9 Å². The van der Waals surface area contributed by atoms with Crippen molar-refractivity contribution in [2.75, 3.05) is 7.11 Å². The molecule has 2 heterocycles. The maximum Gasteiger partial charge on any atom is 0.345 e. The second kappa shape index (κ2) is 4.57. The summed E-state index contributed by atoms with van der Waals surface area (Å²) in [6.45, 7) is 0. The number of nitrogens with zero attached hydrogens (tertiary/aromatic N) is 1. The fourth-order valence-electron chi connectivity index (χ4n) is 1.92. The van der Waals surface area contributed by atoms with Crippen LogP contribution in [0.3, 0.4) is 0 Å². The van der Waals surface area contributed by atoms with Crippen LogP contribution in [0.4, 0.5) is 0 Å². The number of hydrogen-bond acceptors (Lipinski definition) is 4. The molecule has 94 valence electrons. The van der Waals surface area contributed by atoms with E-state index in [1.165, 1.54) is 0 Å². The SMILES string of the molecule is COc1ccc2cc(-c3ccccn3)c(=O)oc2c1. The Kier molecular flexibility index (Phi) is 2.76. The maximum absolute atomic E-state index is 12.0. The summed E-state index contributed by atoms with van der Waals surface area (Å²) in [5.74, 6) is 0.654. The van der Waals surface area contributed by atoms with E-state index < -0.39 is 5.63 Å². The minimum atomic E-state index is -0.403. The molecule has 0 bridgehead atoms. The summed E-state index contributed by atoms with van der Waals surface area (Å²) in [4.78, 5) is 16.2. The van der Waals surface area contributed by atoms with E-state index in [0.717, 1.165) is 5.39 Å². The second-order valence-electron chi connectivity index (χ2n) is 4.07. The highest BCUT2D eigenvalue weighted by Gasteiger charge is 2.09. The third-order valence-electron chi connectivity index (χ3n) is 2.88. The molecule has 0 radical (unpaired) electrons. The van der Waals surface area contributed by atoms with Crippen molar-refractivity contribution in [3.05, 3.63) is 59.1 Å². The van der Waals surface area contributed by atoms with Gasteiger partial charge in [-0.3, -0.25) is 4.98 Å². The summed E-state index contributed by atoms with van der Waals surface area (Å²) in [7, 11) is 1.57. The van der Waals surface area contributed by atoms with Gasteiger partial charge >= 0.3 is 5.63 Å². The van der Waals surface area contributed by atoms with Crippen molar-refractivity contribution < 1.29 is 9.15 Å². The van der Waals surface area contributed by atoms with Gasteiger partial charge < -0.3 is 9.15 Å². The molecule has 3 rings (SSSR count). The van der Waals surface area contributed by atoms with Crippen LogP contribution in [0.1, 0.15) is 0 Å². The van der Waals surface area contributed by atoms with Gasteiger partial charge in [0.1, 0.15) is 11.3 Å². The molecule has 19 heavy (non-hydrogen) atoms. The van der Waals surface area contributed by atoms with Crippen LogP contribution in [-0.2, 0) is 0 Å². The van der Waals surface area contributed by atoms with E-state index in [0.29, 0.717) is 22.6 Å². The third kappa shape index (κ3) is 2.08. The highest BCUT2D eigenvalue weighted by Crippen LogP contribution is 2.23. The standard InChI is InChI=1S/C15H11NO3/c1-18-11-6-5-10-8-12(13-4-2-3-7-16-13)15(17)19-14(10)9-11/h2-9H,1H3. The molecule has 0 atom stereocenters. The molecule has 1 aromatic carbocycles. The van der Waals surface area contributed by atoms with E-state index in [1.54, 1.807) is 37.6 Å². The minimum absolute atomic E-state index is 0.403. The molecular formula is C15H11NO3. The van der Waals surface area contributed by atoms with Crippen molar-refractivity contribution in [3.63, 3.8) is 0 Å². The molecule has 0 spiro atoms. The molecule has 3 aromatic rings. The van der Waals surface area contributed by atoms with Crippen molar-refractivity contribution in [3.8, 4) is 17.0 Å². The Morgan fingerprint density at radius 1 is 1.16 bits per heavy atom. The molecule has 0 fully saturated rings. The summed E-state index contributed by atoms with van der Waals surface area (Å²) >= 11 is 0. The van der Waals surface area contributed by atoms with Crippen molar-refractivity contribution >= 4 is 11.0 Å². The molecule has 0 aliphatic rings. The van der Waals surface area contributed by atoms with E-state index in [1.807, 2.05) is 18.2 Å². The normalized spacial score (nSPS) is 10.6. The molecule has 0 N–H and O–H groups in total. The Morgan fingerprint density at radius 3 is 2.79 bits per heavy atom. The third-order valence-corrected chi connectivity index (χ3v) is 2.88. The number of rotatable bonds is 2. The molecular weight excluding hydrogens is 242 g/mol. The van der Waals surface area contributed by atoms with Crippen molar-refractivity contribution in [1.29, 1.82) is 0 Å². The first-order chi connectivity index (χ1) is 9.28. The van der Waals surface area contributed by atoms with E-state index in [4.69, 9.17) is 9.15 Å². The lowest BCUT2D eigenvalue weighted by Gasteiger charge is -2.03. The minimum Gasteiger partial charge on any atom is -0.497 e. The van der Waals surface area contributed by atoms with Crippen LogP contribution in [0.2, 0.25) is 0 Å². The number of hydrogen-bond donors (Lipinski definition) is 0. The van der Waals surface area contributed by atoms with Gasteiger partial charge in [0.25, 0.3) is 0 Å². The van der Waals surface area contributed by atoms with E-state index in [2.05, 4.69) is 4.98 Å². The Balaban J connectivity index is 2.23. The average Bonchev–Trinajstić information content (AvgIpc) is 2.47. The summed E-state index contributed by atoms with van der Waals surface area (Å²) in [5.41, 5.74) is 1.16. The second-order valence-corrected chi connectivity index (χ2v) is 4.07. The van der Waals surface area contributed by atoms with Crippen LogP contribution >= 0.6 is 0 Å². The number of methoxy groups -OCH3 is 1. The van der Waals surface area contributed by atoms with E-state index in [9.17, 15) is 4.79 Å². The van der Waals surface area contributed by atoms with Crippen LogP contribution in [0, 0.1) is 0 Å². The molecule has 0 unspecified atom stereocenters. The lowest BCUT2D eigenvalue weighted by Crippen LogP contribution is -2.03. The molecule has 0 saturated carbocycles. The first kappa shape index (κ1) is 11.5. The van der Waals surface area contributed by atoms with Crippen LogP contribution in [-0.4, -0.2) is 12.1 Å². The Morgan fingerprint density at radius 2 is 2.05 bits per heavy atom. The topological polar surface area (TPSA) is 52.3 Å². The largest absolute Gasteiger partial charge is 0.497 e. The van der Waals surface area contributed by atoms with Gasteiger partial charge in [0.2, 0.25) is 0 Å². The van der Waals surface area contributed by atoms with Gasteiger partial charge in [-0.05, 0) is 30.3 Å². The Hall–Kier alpha value is -2.62. The van der Waals surface area contributed by atoms with E-state index in [-0.39, 0.29) is 0 Å². The number of benzene rings is 1.